The summed E-state index contributed by atoms with van der Waals surface area (Å²) in [6, 6.07) is 3.15. The predicted molar refractivity (Wildman–Crippen MR) is 72.4 cm³/mol. The first kappa shape index (κ1) is 12.5. The SMILES string of the molecule is CCc1csc(Oc2cc(Cl)c(Cl)cc2N)n1. The topological polar surface area (TPSA) is 48.1 Å². The van der Waals surface area contributed by atoms with Gasteiger partial charge in [-0.1, -0.05) is 41.5 Å². The fraction of sp³-hybridized carbons (Fsp3) is 0.182. The Kier molecular flexibility index (Phi) is 3.76. The molecule has 0 saturated heterocycles. The molecule has 0 aliphatic carbocycles. The maximum atomic E-state index is 5.90. The quantitative estimate of drug-likeness (QED) is 0.853. The summed E-state index contributed by atoms with van der Waals surface area (Å²) in [6.45, 7) is 2.03. The molecule has 0 aliphatic rings. The second-order valence-electron chi connectivity index (χ2n) is 3.36. The highest BCUT2D eigenvalue weighted by Crippen LogP contribution is 2.35. The Bertz CT molecular complexity index is 542. The summed E-state index contributed by atoms with van der Waals surface area (Å²) in [5.74, 6) is 0.469. The van der Waals surface area contributed by atoms with Gasteiger partial charge in [-0.15, -0.1) is 0 Å². The predicted octanol–water partition coefficient (Wildman–Crippen LogP) is 4.39. The summed E-state index contributed by atoms with van der Waals surface area (Å²) in [7, 11) is 0. The average Bonchev–Trinajstić information content (AvgIpc) is 2.73. The Hall–Kier alpha value is -0.970. The highest BCUT2D eigenvalue weighted by atomic mass is 35.5. The van der Waals surface area contributed by atoms with Gasteiger partial charge in [-0.25, -0.2) is 4.98 Å². The molecule has 0 amide bonds. The lowest BCUT2D eigenvalue weighted by Crippen LogP contribution is -1.92. The number of aryl methyl sites for hydroxylation is 1. The lowest BCUT2D eigenvalue weighted by Gasteiger charge is -2.06. The van der Waals surface area contributed by atoms with E-state index in [0.717, 1.165) is 12.1 Å². The lowest BCUT2D eigenvalue weighted by molar-refractivity contribution is 0.479. The molecule has 3 nitrogen and oxygen atoms in total. The first-order valence-electron chi connectivity index (χ1n) is 4.97. The van der Waals surface area contributed by atoms with Crippen molar-refractivity contribution in [2.45, 2.75) is 13.3 Å². The van der Waals surface area contributed by atoms with E-state index in [1.54, 1.807) is 12.1 Å². The Labute approximate surface area is 113 Å². The lowest BCUT2D eigenvalue weighted by atomic mass is 10.3. The number of rotatable bonds is 3. The van der Waals surface area contributed by atoms with E-state index >= 15 is 0 Å². The van der Waals surface area contributed by atoms with E-state index in [0.29, 0.717) is 26.7 Å². The van der Waals surface area contributed by atoms with Crippen molar-refractivity contribution in [2.24, 2.45) is 0 Å². The van der Waals surface area contributed by atoms with Crippen LogP contribution in [0.25, 0.3) is 0 Å². The fourth-order valence-corrected chi connectivity index (χ4v) is 2.31. The molecule has 0 bridgehead atoms. The first-order chi connectivity index (χ1) is 8.10. The van der Waals surface area contributed by atoms with Crippen molar-refractivity contribution in [1.29, 1.82) is 0 Å². The molecule has 0 saturated carbocycles. The van der Waals surface area contributed by atoms with Crippen molar-refractivity contribution < 1.29 is 4.74 Å². The molecule has 1 aromatic carbocycles. The largest absolute Gasteiger partial charge is 0.429 e. The van der Waals surface area contributed by atoms with Crippen molar-refractivity contribution in [3.8, 4) is 10.9 Å². The molecule has 2 rings (SSSR count). The third kappa shape index (κ3) is 2.83. The van der Waals surface area contributed by atoms with E-state index in [4.69, 9.17) is 33.7 Å². The van der Waals surface area contributed by atoms with Crippen molar-refractivity contribution >= 4 is 40.2 Å². The van der Waals surface area contributed by atoms with Gasteiger partial charge >= 0.3 is 0 Å². The van der Waals surface area contributed by atoms with Gasteiger partial charge in [0.2, 0.25) is 0 Å². The van der Waals surface area contributed by atoms with Gasteiger partial charge in [-0.2, -0.15) is 0 Å². The van der Waals surface area contributed by atoms with Crippen LogP contribution in [0.3, 0.4) is 0 Å². The number of hydrogen-bond donors (Lipinski definition) is 1. The minimum Gasteiger partial charge on any atom is -0.429 e. The van der Waals surface area contributed by atoms with Crippen LogP contribution in [0, 0.1) is 0 Å². The number of anilines is 1. The average molecular weight is 289 g/mol. The molecule has 0 fully saturated rings. The maximum Gasteiger partial charge on any atom is 0.278 e. The number of benzene rings is 1. The van der Waals surface area contributed by atoms with Gasteiger partial charge in [0.25, 0.3) is 5.19 Å². The second-order valence-corrected chi connectivity index (χ2v) is 5.00. The summed E-state index contributed by atoms with van der Waals surface area (Å²) in [6.07, 6.45) is 0.872. The van der Waals surface area contributed by atoms with Gasteiger partial charge in [0.1, 0.15) is 0 Å². The molecule has 0 unspecified atom stereocenters. The highest BCUT2D eigenvalue weighted by Gasteiger charge is 2.09. The zero-order valence-electron chi connectivity index (χ0n) is 9.04. The molecule has 1 heterocycles. The van der Waals surface area contributed by atoms with E-state index < -0.39 is 0 Å². The van der Waals surface area contributed by atoms with Crippen LogP contribution in [0.4, 0.5) is 5.69 Å². The maximum absolute atomic E-state index is 5.90. The number of aromatic nitrogens is 1. The molecule has 0 radical (unpaired) electrons. The molecular formula is C11H10Cl2N2OS. The normalized spacial score (nSPS) is 10.5. The van der Waals surface area contributed by atoms with Crippen molar-refractivity contribution in [3.05, 3.63) is 33.3 Å². The van der Waals surface area contributed by atoms with Crippen LogP contribution >= 0.6 is 34.5 Å². The van der Waals surface area contributed by atoms with Crippen LogP contribution in [0.5, 0.6) is 10.9 Å². The zero-order chi connectivity index (χ0) is 12.4. The molecule has 2 aromatic rings. The number of hydrogen-bond acceptors (Lipinski definition) is 4. The van der Waals surface area contributed by atoms with E-state index in [9.17, 15) is 0 Å². The van der Waals surface area contributed by atoms with Crippen LogP contribution in [0.1, 0.15) is 12.6 Å². The van der Waals surface area contributed by atoms with Crippen molar-refractivity contribution in [1.82, 2.24) is 4.98 Å². The molecule has 90 valence electrons. The molecule has 2 N–H and O–H groups in total. The summed E-state index contributed by atoms with van der Waals surface area (Å²) in [4.78, 5) is 4.28. The van der Waals surface area contributed by atoms with Crippen molar-refractivity contribution in [3.63, 3.8) is 0 Å². The van der Waals surface area contributed by atoms with Gasteiger partial charge in [0, 0.05) is 11.4 Å². The van der Waals surface area contributed by atoms with E-state index in [1.165, 1.54) is 11.3 Å². The Morgan fingerprint density at radius 1 is 1.35 bits per heavy atom. The van der Waals surface area contributed by atoms with E-state index in [1.807, 2.05) is 12.3 Å². The smallest absolute Gasteiger partial charge is 0.278 e. The molecule has 6 heteroatoms. The van der Waals surface area contributed by atoms with Gasteiger partial charge in [-0.3, -0.25) is 0 Å². The van der Waals surface area contributed by atoms with Crippen LogP contribution in [-0.4, -0.2) is 4.98 Å². The molecule has 0 atom stereocenters. The van der Waals surface area contributed by atoms with Gasteiger partial charge < -0.3 is 10.5 Å². The molecule has 0 spiro atoms. The Morgan fingerprint density at radius 3 is 2.71 bits per heavy atom. The zero-order valence-corrected chi connectivity index (χ0v) is 11.4. The third-order valence-corrected chi connectivity index (χ3v) is 3.63. The number of nitrogens with zero attached hydrogens (tertiary/aromatic N) is 1. The van der Waals surface area contributed by atoms with Crippen LogP contribution in [0.15, 0.2) is 17.5 Å². The van der Waals surface area contributed by atoms with Crippen molar-refractivity contribution in [2.75, 3.05) is 5.73 Å². The molecule has 17 heavy (non-hydrogen) atoms. The number of thiazole rings is 1. The summed E-state index contributed by atoms with van der Waals surface area (Å²) >= 11 is 13.2. The number of nitrogen functional groups attached to an aromatic ring is 1. The minimum atomic E-state index is 0.406. The van der Waals surface area contributed by atoms with E-state index in [-0.39, 0.29) is 0 Å². The first-order valence-corrected chi connectivity index (χ1v) is 6.60. The third-order valence-electron chi connectivity index (χ3n) is 2.14. The second kappa shape index (κ2) is 5.12. The molecule has 1 aromatic heterocycles. The van der Waals surface area contributed by atoms with Gasteiger partial charge in [0.05, 0.1) is 21.4 Å². The van der Waals surface area contributed by atoms with Crippen LogP contribution in [0.2, 0.25) is 10.0 Å². The molecular weight excluding hydrogens is 279 g/mol. The number of nitrogens with two attached hydrogens (primary N) is 1. The van der Waals surface area contributed by atoms with Gasteiger partial charge in [0.15, 0.2) is 5.75 Å². The minimum absolute atomic E-state index is 0.406. The summed E-state index contributed by atoms with van der Waals surface area (Å²) in [5.41, 5.74) is 7.21. The highest BCUT2D eigenvalue weighted by molar-refractivity contribution is 7.11. The van der Waals surface area contributed by atoms with Crippen LogP contribution in [-0.2, 0) is 6.42 Å². The Morgan fingerprint density at radius 2 is 2.06 bits per heavy atom. The standard InChI is InChI=1S/C11H10Cl2N2OS/c1-2-6-5-17-11(15-6)16-10-4-8(13)7(12)3-9(10)14/h3-5H,2,14H2,1H3. The Balaban J connectivity index is 2.26. The summed E-state index contributed by atoms with van der Waals surface area (Å²) < 4.78 is 5.57. The van der Waals surface area contributed by atoms with Crippen LogP contribution < -0.4 is 10.5 Å². The number of halogens is 2. The summed E-state index contributed by atoms with van der Waals surface area (Å²) in [5, 5.41) is 3.31. The monoisotopic (exact) mass is 288 g/mol. The van der Waals surface area contributed by atoms with Gasteiger partial charge in [-0.05, 0) is 12.5 Å². The molecule has 0 aliphatic heterocycles. The van der Waals surface area contributed by atoms with E-state index in [2.05, 4.69) is 4.98 Å². The number of ether oxygens (including phenoxy) is 1. The fourth-order valence-electron chi connectivity index (χ4n) is 1.22.